The lowest BCUT2D eigenvalue weighted by Crippen LogP contribution is -2.42. The number of nitrogens with zero attached hydrogens (tertiary/aromatic N) is 1. The number of aliphatic hydroxyl groups is 1. The van der Waals surface area contributed by atoms with Crippen LogP contribution in [0.3, 0.4) is 0 Å². The first kappa shape index (κ1) is 15.6. The summed E-state index contributed by atoms with van der Waals surface area (Å²) in [4.78, 5) is 10.5. The van der Waals surface area contributed by atoms with Gasteiger partial charge in [0.05, 0.1) is 4.92 Å². The third kappa shape index (κ3) is 4.01. The minimum atomic E-state index is -0.356. The molecule has 0 heterocycles. The minimum absolute atomic E-state index is 0.130. The van der Waals surface area contributed by atoms with Crippen molar-refractivity contribution < 1.29 is 10.0 Å². The Labute approximate surface area is 113 Å². The van der Waals surface area contributed by atoms with Gasteiger partial charge in [0.15, 0.2) is 0 Å². The molecule has 0 saturated heterocycles. The smallest absolute Gasteiger partial charge is 0.272 e. The van der Waals surface area contributed by atoms with Crippen molar-refractivity contribution >= 4 is 5.69 Å². The molecule has 0 aliphatic carbocycles. The monoisotopic (exact) mass is 266 g/mol. The van der Waals surface area contributed by atoms with Crippen molar-refractivity contribution in [2.45, 2.75) is 45.7 Å². The molecule has 0 aliphatic rings. The molecule has 0 aromatic heterocycles. The molecule has 0 spiro atoms. The first-order valence-electron chi connectivity index (χ1n) is 6.52. The van der Waals surface area contributed by atoms with Crippen molar-refractivity contribution in [2.75, 3.05) is 6.61 Å². The highest BCUT2D eigenvalue weighted by molar-refractivity contribution is 5.44. The van der Waals surface area contributed by atoms with E-state index in [0.29, 0.717) is 18.5 Å². The largest absolute Gasteiger partial charge is 0.396 e. The zero-order valence-corrected chi connectivity index (χ0v) is 11.8. The summed E-state index contributed by atoms with van der Waals surface area (Å²) in [6.07, 6.45) is 1.55. The van der Waals surface area contributed by atoms with Crippen LogP contribution in [0.25, 0.3) is 0 Å². The molecule has 0 amide bonds. The Balaban J connectivity index is 2.83. The number of hydrogen-bond donors (Lipinski definition) is 2. The summed E-state index contributed by atoms with van der Waals surface area (Å²) < 4.78 is 0. The van der Waals surface area contributed by atoms with Gasteiger partial charge in [-0.3, -0.25) is 10.1 Å². The van der Waals surface area contributed by atoms with Crippen LogP contribution in [0.1, 0.15) is 37.8 Å². The lowest BCUT2D eigenvalue weighted by Gasteiger charge is -2.29. The van der Waals surface area contributed by atoms with E-state index in [0.717, 1.165) is 12.0 Å². The molecule has 106 valence electrons. The Kier molecular flexibility index (Phi) is 5.44. The molecule has 5 heteroatoms. The maximum atomic E-state index is 10.9. The molecule has 19 heavy (non-hydrogen) atoms. The fourth-order valence-corrected chi connectivity index (χ4v) is 2.00. The van der Waals surface area contributed by atoms with Crippen molar-refractivity contribution in [3.8, 4) is 0 Å². The summed E-state index contributed by atoms with van der Waals surface area (Å²) in [5.74, 6) is 0. The first-order chi connectivity index (χ1) is 8.93. The average molecular weight is 266 g/mol. The highest BCUT2D eigenvalue weighted by Gasteiger charge is 2.21. The highest BCUT2D eigenvalue weighted by atomic mass is 16.6. The van der Waals surface area contributed by atoms with Crippen molar-refractivity contribution in [1.29, 1.82) is 0 Å². The predicted octanol–water partition coefficient (Wildman–Crippen LogP) is 2.54. The molecule has 1 atom stereocenters. The van der Waals surface area contributed by atoms with Crippen LogP contribution in [-0.2, 0) is 6.54 Å². The van der Waals surface area contributed by atoms with Crippen molar-refractivity contribution in [1.82, 2.24) is 5.32 Å². The van der Waals surface area contributed by atoms with E-state index in [1.54, 1.807) is 13.0 Å². The standard InChI is InChI=1S/C14H22N2O3/c1-4-14(3,8-9-17)15-10-12-6-5-7-13(11(12)2)16(18)19/h5-7,15,17H,4,8-10H2,1-3H3. The zero-order chi connectivity index (χ0) is 14.5. The van der Waals surface area contributed by atoms with Gasteiger partial charge in [-0.2, -0.15) is 0 Å². The van der Waals surface area contributed by atoms with Crippen molar-refractivity contribution in [3.63, 3.8) is 0 Å². The van der Waals surface area contributed by atoms with E-state index in [2.05, 4.69) is 19.2 Å². The maximum Gasteiger partial charge on any atom is 0.272 e. The molecule has 1 aromatic carbocycles. The maximum absolute atomic E-state index is 10.9. The molecule has 1 aromatic rings. The molecule has 0 aliphatic heterocycles. The molecular formula is C14H22N2O3. The van der Waals surface area contributed by atoms with Gasteiger partial charge in [-0.25, -0.2) is 0 Å². The van der Waals surface area contributed by atoms with Crippen LogP contribution in [0.2, 0.25) is 0 Å². The van der Waals surface area contributed by atoms with E-state index in [9.17, 15) is 10.1 Å². The third-order valence-electron chi connectivity index (χ3n) is 3.76. The summed E-state index contributed by atoms with van der Waals surface area (Å²) in [6, 6.07) is 5.12. The average Bonchev–Trinajstić information content (AvgIpc) is 2.37. The minimum Gasteiger partial charge on any atom is -0.396 e. The van der Waals surface area contributed by atoms with Gasteiger partial charge in [-0.1, -0.05) is 19.1 Å². The Morgan fingerprint density at radius 1 is 1.47 bits per heavy atom. The van der Waals surface area contributed by atoms with Gasteiger partial charge >= 0.3 is 0 Å². The van der Waals surface area contributed by atoms with Crippen LogP contribution in [-0.4, -0.2) is 22.2 Å². The lowest BCUT2D eigenvalue weighted by molar-refractivity contribution is -0.385. The number of nitro benzene ring substituents is 1. The van der Waals surface area contributed by atoms with Gasteiger partial charge in [0, 0.05) is 30.3 Å². The number of hydrogen-bond acceptors (Lipinski definition) is 4. The number of nitro groups is 1. The first-order valence-corrected chi connectivity index (χ1v) is 6.52. The van der Waals surface area contributed by atoms with Crippen LogP contribution in [0, 0.1) is 17.0 Å². The van der Waals surface area contributed by atoms with Gasteiger partial charge in [0.1, 0.15) is 0 Å². The number of aliphatic hydroxyl groups excluding tert-OH is 1. The van der Waals surface area contributed by atoms with E-state index < -0.39 is 0 Å². The number of benzene rings is 1. The molecule has 0 bridgehead atoms. The topological polar surface area (TPSA) is 75.4 Å². The second-order valence-corrected chi connectivity index (χ2v) is 5.06. The van der Waals surface area contributed by atoms with Gasteiger partial charge < -0.3 is 10.4 Å². The second-order valence-electron chi connectivity index (χ2n) is 5.06. The summed E-state index contributed by atoms with van der Waals surface area (Å²) in [7, 11) is 0. The summed E-state index contributed by atoms with van der Waals surface area (Å²) in [5.41, 5.74) is 1.63. The second kappa shape index (κ2) is 6.63. The van der Waals surface area contributed by atoms with E-state index >= 15 is 0 Å². The Bertz CT molecular complexity index is 448. The van der Waals surface area contributed by atoms with E-state index in [1.807, 2.05) is 6.07 Å². The molecule has 5 nitrogen and oxygen atoms in total. The fraction of sp³-hybridized carbons (Fsp3) is 0.571. The Hall–Kier alpha value is -1.46. The van der Waals surface area contributed by atoms with E-state index in [-0.39, 0.29) is 22.8 Å². The number of rotatable bonds is 7. The number of nitrogens with one attached hydrogen (secondary N) is 1. The molecule has 2 N–H and O–H groups in total. The molecule has 0 fully saturated rings. The van der Waals surface area contributed by atoms with Crippen molar-refractivity contribution in [2.24, 2.45) is 0 Å². The van der Waals surface area contributed by atoms with Gasteiger partial charge in [-0.05, 0) is 32.3 Å². The highest BCUT2D eigenvalue weighted by Crippen LogP contribution is 2.22. The summed E-state index contributed by atoms with van der Waals surface area (Å²) in [5, 5.41) is 23.3. The Morgan fingerprint density at radius 3 is 2.68 bits per heavy atom. The van der Waals surface area contributed by atoms with E-state index in [4.69, 9.17) is 5.11 Å². The van der Waals surface area contributed by atoms with E-state index in [1.165, 1.54) is 6.07 Å². The molecule has 1 unspecified atom stereocenters. The van der Waals surface area contributed by atoms with Gasteiger partial charge in [-0.15, -0.1) is 0 Å². The van der Waals surface area contributed by atoms with Crippen LogP contribution in [0.4, 0.5) is 5.69 Å². The quantitative estimate of drug-likeness (QED) is 0.587. The fourth-order valence-electron chi connectivity index (χ4n) is 2.00. The van der Waals surface area contributed by atoms with Gasteiger partial charge in [0.25, 0.3) is 5.69 Å². The van der Waals surface area contributed by atoms with Crippen molar-refractivity contribution in [3.05, 3.63) is 39.4 Å². The summed E-state index contributed by atoms with van der Waals surface area (Å²) >= 11 is 0. The third-order valence-corrected chi connectivity index (χ3v) is 3.76. The molecular weight excluding hydrogens is 244 g/mol. The SMILES string of the molecule is CCC(C)(CCO)NCc1cccc([N+](=O)[O-])c1C. The van der Waals surface area contributed by atoms with Crippen LogP contribution in [0.5, 0.6) is 0 Å². The zero-order valence-electron chi connectivity index (χ0n) is 11.8. The Morgan fingerprint density at radius 2 is 2.16 bits per heavy atom. The van der Waals surface area contributed by atoms with Crippen LogP contribution < -0.4 is 5.32 Å². The predicted molar refractivity (Wildman–Crippen MR) is 75.1 cm³/mol. The summed E-state index contributed by atoms with van der Waals surface area (Å²) in [6.45, 7) is 6.58. The lowest BCUT2D eigenvalue weighted by atomic mass is 9.94. The molecule has 0 saturated carbocycles. The van der Waals surface area contributed by atoms with Gasteiger partial charge in [0.2, 0.25) is 0 Å². The molecule has 1 rings (SSSR count). The van der Waals surface area contributed by atoms with Crippen LogP contribution >= 0.6 is 0 Å². The van der Waals surface area contributed by atoms with Crippen LogP contribution in [0.15, 0.2) is 18.2 Å². The normalized spacial score (nSPS) is 14.1. The molecule has 0 radical (unpaired) electrons.